The lowest BCUT2D eigenvalue weighted by Gasteiger charge is -1.98. The summed E-state index contributed by atoms with van der Waals surface area (Å²) in [6.07, 6.45) is 1.96. The summed E-state index contributed by atoms with van der Waals surface area (Å²) in [4.78, 5) is 0. The topological polar surface area (TPSA) is 43.8 Å². The van der Waals surface area contributed by atoms with E-state index < -0.39 is 0 Å². The van der Waals surface area contributed by atoms with Gasteiger partial charge in [-0.1, -0.05) is 30.3 Å². The first-order valence-corrected chi connectivity index (χ1v) is 4.59. The average Bonchev–Trinajstić information content (AvgIpc) is 2.61. The van der Waals surface area contributed by atoms with Gasteiger partial charge in [0.05, 0.1) is 5.69 Å². The number of benzene rings is 1. The van der Waals surface area contributed by atoms with Gasteiger partial charge in [0.1, 0.15) is 0 Å². The molecule has 0 bridgehead atoms. The quantitative estimate of drug-likeness (QED) is 0.775. The molecule has 0 aliphatic carbocycles. The molecule has 0 aliphatic rings. The van der Waals surface area contributed by atoms with Gasteiger partial charge in [0.2, 0.25) is 0 Å². The van der Waals surface area contributed by atoms with E-state index in [0.717, 1.165) is 16.8 Å². The molecule has 1 aromatic carbocycles. The van der Waals surface area contributed by atoms with Crippen molar-refractivity contribution in [3.8, 4) is 11.3 Å². The number of rotatable bonds is 2. The van der Waals surface area contributed by atoms with Gasteiger partial charge < -0.3 is 5.73 Å². The Morgan fingerprint density at radius 3 is 2.64 bits per heavy atom. The predicted molar refractivity (Wildman–Crippen MR) is 56.5 cm³/mol. The Morgan fingerprint density at radius 1 is 1.29 bits per heavy atom. The summed E-state index contributed by atoms with van der Waals surface area (Å²) >= 11 is 0. The minimum absolute atomic E-state index is 0.526. The van der Waals surface area contributed by atoms with Crippen LogP contribution in [0.2, 0.25) is 0 Å². The minimum Gasteiger partial charge on any atom is -0.326 e. The molecule has 2 N–H and O–H groups in total. The maximum atomic E-state index is 5.65. The van der Waals surface area contributed by atoms with Crippen LogP contribution >= 0.6 is 0 Å². The van der Waals surface area contributed by atoms with Gasteiger partial charge in [-0.15, -0.1) is 0 Å². The fourth-order valence-corrected chi connectivity index (χ4v) is 1.53. The molecule has 2 rings (SSSR count). The maximum Gasteiger partial charge on any atom is 0.0967 e. The lowest BCUT2D eigenvalue weighted by atomic mass is 10.1. The molecule has 0 amide bonds. The van der Waals surface area contributed by atoms with Crippen LogP contribution in [-0.2, 0) is 13.6 Å². The Hall–Kier alpha value is -1.61. The second-order valence-electron chi connectivity index (χ2n) is 3.25. The normalized spacial score (nSPS) is 10.4. The summed E-state index contributed by atoms with van der Waals surface area (Å²) in [5.74, 6) is 0. The summed E-state index contributed by atoms with van der Waals surface area (Å²) in [6, 6.07) is 10.1. The highest BCUT2D eigenvalue weighted by Crippen LogP contribution is 2.20. The number of hydrogen-bond donors (Lipinski definition) is 1. The highest BCUT2D eigenvalue weighted by Gasteiger charge is 2.07. The van der Waals surface area contributed by atoms with Crippen molar-refractivity contribution in [1.82, 2.24) is 9.78 Å². The van der Waals surface area contributed by atoms with Crippen LogP contribution in [0.1, 0.15) is 5.56 Å². The van der Waals surface area contributed by atoms with E-state index in [1.165, 1.54) is 0 Å². The zero-order chi connectivity index (χ0) is 9.97. The summed E-state index contributed by atoms with van der Waals surface area (Å²) in [6.45, 7) is 0.526. The van der Waals surface area contributed by atoms with Crippen molar-refractivity contribution < 1.29 is 0 Å². The lowest BCUT2D eigenvalue weighted by Crippen LogP contribution is -1.96. The molecule has 0 atom stereocenters. The van der Waals surface area contributed by atoms with E-state index in [1.54, 1.807) is 4.68 Å². The van der Waals surface area contributed by atoms with E-state index >= 15 is 0 Å². The molecule has 0 spiro atoms. The van der Waals surface area contributed by atoms with E-state index in [1.807, 2.05) is 43.6 Å². The first-order valence-electron chi connectivity index (χ1n) is 4.59. The van der Waals surface area contributed by atoms with Crippen LogP contribution in [0.5, 0.6) is 0 Å². The molecular weight excluding hydrogens is 174 g/mol. The van der Waals surface area contributed by atoms with Crippen molar-refractivity contribution >= 4 is 0 Å². The molecule has 3 nitrogen and oxygen atoms in total. The first kappa shape index (κ1) is 8.97. The zero-order valence-electron chi connectivity index (χ0n) is 8.14. The molecule has 1 aromatic heterocycles. The van der Waals surface area contributed by atoms with Gasteiger partial charge in [-0.05, 0) is 0 Å². The van der Waals surface area contributed by atoms with Crippen LogP contribution in [0.15, 0.2) is 36.5 Å². The SMILES string of the molecule is Cn1cc(CN)c(-c2ccccc2)n1. The van der Waals surface area contributed by atoms with Gasteiger partial charge in [-0.2, -0.15) is 5.10 Å². The molecule has 3 heteroatoms. The molecular formula is C11H13N3. The average molecular weight is 187 g/mol. The standard InChI is InChI=1S/C11H13N3/c1-14-8-10(7-12)11(13-14)9-5-3-2-4-6-9/h2-6,8H,7,12H2,1H3. The summed E-state index contributed by atoms with van der Waals surface area (Å²) in [5, 5.41) is 4.39. The fraction of sp³-hybridized carbons (Fsp3) is 0.182. The smallest absolute Gasteiger partial charge is 0.0967 e. The zero-order valence-corrected chi connectivity index (χ0v) is 8.14. The second-order valence-corrected chi connectivity index (χ2v) is 3.25. The maximum absolute atomic E-state index is 5.65. The van der Waals surface area contributed by atoms with Crippen LogP contribution in [-0.4, -0.2) is 9.78 Å². The summed E-state index contributed by atoms with van der Waals surface area (Å²) < 4.78 is 1.80. The molecule has 0 saturated heterocycles. The second kappa shape index (κ2) is 3.64. The molecule has 0 unspecified atom stereocenters. The molecule has 14 heavy (non-hydrogen) atoms. The van der Waals surface area contributed by atoms with Gasteiger partial charge in [0, 0.05) is 30.9 Å². The van der Waals surface area contributed by atoms with Crippen molar-refractivity contribution in [2.45, 2.75) is 6.54 Å². The lowest BCUT2D eigenvalue weighted by molar-refractivity contribution is 0.769. The predicted octanol–water partition coefficient (Wildman–Crippen LogP) is 1.55. The molecule has 0 fully saturated rings. The third-order valence-electron chi connectivity index (χ3n) is 2.17. The number of aryl methyl sites for hydroxylation is 1. The van der Waals surface area contributed by atoms with Gasteiger partial charge >= 0.3 is 0 Å². The fourth-order valence-electron chi connectivity index (χ4n) is 1.53. The Morgan fingerprint density at radius 2 is 2.00 bits per heavy atom. The minimum atomic E-state index is 0.526. The molecule has 1 heterocycles. The number of hydrogen-bond acceptors (Lipinski definition) is 2. The third kappa shape index (κ3) is 1.54. The first-order chi connectivity index (χ1) is 6.81. The van der Waals surface area contributed by atoms with Crippen molar-refractivity contribution in [3.63, 3.8) is 0 Å². The van der Waals surface area contributed by atoms with Crippen LogP contribution < -0.4 is 5.73 Å². The van der Waals surface area contributed by atoms with Crippen LogP contribution in [0.3, 0.4) is 0 Å². The number of nitrogens with zero attached hydrogens (tertiary/aromatic N) is 2. The van der Waals surface area contributed by atoms with Crippen molar-refractivity contribution in [3.05, 3.63) is 42.1 Å². The van der Waals surface area contributed by atoms with Gasteiger partial charge in [-0.25, -0.2) is 0 Å². The van der Waals surface area contributed by atoms with E-state index in [4.69, 9.17) is 5.73 Å². The van der Waals surface area contributed by atoms with E-state index in [9.17, 15) is 0 Å². The van der Waals surface area contributed by atoms with Crippen molar-refractivity contribution in [1.29, 1.82) is 0 Å². The van der Waals surface area contributed by atoms with E-state index in [0.29, 0.717) is 6.54 Å². The van der Waals surface area contributed by atoms with Crippen molar-refractivity contribution in [2.24, 2.45) is 12.8 Å². The molecule has 72 valence electrons. The highest BCUT2D eigenvalue weighted by molar-refractivity contribution is 5.62. The molecule has 0 saturated carbocycles. The van der Waals surface area contributed by atoms with Crippen LogP contribution in [0.4, 0.5) is 0 Å². The van der Waals surface area contributed by atoms with E-state index in [2.05, 4.69) is 5.10 Å². The Balaban J connectivity index is 2.51. The van der Waals surface area contributed by atoms with Crippen LogP contribution in [0.25, 0.3) is 11.3 Å². The van der Waals surface area contributed by atoms with Gasteiger partial charge in [0.15, 0.2) is 0 Å². The van der Waals surface area contributed by atoms with Gasteiger partial charge in [0.25, 0.3) is 0 Å². The van der Waals surface area contributed by atoms with Crippen LogP contribution in [0, 0.1) is 0 Å². The van der Waals surface area contributed by atoms with Gasteiger partial charge in [-0.3, -0.25) is 4.68 Å². The summed E-state index contributed by atoms with van der Waals surface area (Å²) in [5.41, 5.74) is 8.83. The monoisotopic (exact) mass is 187 g/mol. The van der Waals surface area contributed by atoms with Crippen molar-refractivity contribution in [2.75, 3.05) is 0 Å². The Kier molecular flexibility index (Phi) is 2.33. The Bertz CT molecular complexity index is 417. The third-order valence-corrected chi connectivity index (χ3v) is 2.17. The number of nitrogens with two attached hydrogens (primary N) is 1. The summed E-state index contributed by atoms with van der Waals surface area (Å²) in [7, 11) is 1.91. The molecule has 0 radical (unpaired) electrons. The Labute approximate surface area is 83.2 Å². The number of aromatic nitrogens is 2. The largest absolute Gasteiger partial charge is 0.326 e. The highest BCUT2D eigenvalue weighted by atomic mass is 15.3. The molecule has 0 aliphatic heterocycles. The van der Waals surface area contributed by atoms with E-state index in [-0.39, 0.29) is 0 Å². The molecule has 2 aromatic rings.